The molecule has 0 aliphatic carbocycles. The van der Waals surface area contributed by atoms with Gasteiger partial charge in [-0.05, 0) is 41.5 Å². The number of fused-ring (bicyclic) bond motifs is 1. The zero-order valence-corrected chi connectivity index (χ0v) is 15.5. The second kappa shape index (κ2) is 6.68. The molecular formula is C22H20N4O. The molecule has 0 saturated heterocycles. The lowest BCUT2D eigenvalue weighted by molar-refractivity contribution is 0.0827. The van der Waals surface area contributed by atoms with E-state index in [1.165, 1.54) is 0 Å². The maximum atomic E-state index is 12.1. The molecule has 0 unspecified atom stereocenters. The van der Waals surface area contributed by atoms with Crippen LogP contribution in [0.1, 0.15) is 10.4 Å². The number of carbonyl (C=O) groups is 1. The highest BCUT2D eigenvalue weighted by Crippen LogP contribution is 2.30. The summed E-state index contributed by atoms with van der Waals surface area (Å²) in [6.07, 6.45) is 7.55. The van der Waals surface area contributed by atoms with Crippen molar-refractivity contribution in [1.29, 1.82) is 0 Å². The summed E-state index contributed by atoms with van der Waals surface area (Å²) >= 11 is 0. The zero-order chi connectivity index (χ0) is 19.0. The van der Waals surface area contributed by atoms with Gasteiger partial charge in [-0.3, -0.25) is 9.78 Å². The molecule has 0 N–H and O–H groups in total. The predicted octanol–water partition coefficient (Wildman–Crippen LogP) is 4.00. The quantitative estimate of drug-likeness (QED) is 0.557. The minimum atomic E-state index is -0.00307. The van der Waals surface area contributed by atoms with Gasteiger partial charge >= 0.3 is 0 Å². The van der Waals surface area contributed by atoms with Crippen LogP contribution in [0.4, 0.5) is 0 Å². The van der Waals surface area contributed by atoms with E-state index in [0.29, 0.717) is 5.56 Å². The van der Waals surface area contributed by atoms with Gasteiger partial charge in [0.05, 0.1) is 0 Å². The van der Waals surface area contributed by atoms with E-state index in [1.54, 1.807) is 19.0 Å². The van der Waals surface area contributed by atoms with Crippen LogP contribution in [0.25, 0.3) is 33.3 Å². The van der Waals surface area contributed by atoms with Crippen molar-refractivity contribution in [2.75, 3.05) is 14.1 Å². The minimum Gasteiger partial charge on any atom is -0.345 e. The van der Waals surface area contributed by atoms with Crippen molar-refractivity contribution in [3.8, 4) is 22.3 Å². The van der Waals surface area contributed by atoms with E-state index in [1.807, 2.05) is 66.7 Å². The van der Waals surface area contributed by atoms with Crippen molar-refractivity contribution in [3.63, 3.8) is 0 Å². The highest BCUT2D eigenvalue weighted by Gasteiger charge is 2.10. The van der Waals surface area contributed by atoms with Gasteiger partial charge in [0.25, 0.3) is 5.91 Å². The Morgan fingerprint density at radius 1 is 0.963 bits per heavy atom. The Hall–Kier alpha value is -3.47. The summed E-state index contributed by atoms with van der Waals surface area (Å²) in [6.45, 7) is 0. The van der Waals surface area contributed by atoms with E-state index in [2.05, 4.69) is 22.1 Å². The normalized spacial score (nSPS) is 10.9. The molecule has 0 atom stereocenters. The molecule has 5 heteroatoms. The lowest BCUT2D eigenvalue weighted by Crippen LogP contribution is -2.21. The van der Waals surface area contributed by atoms with Gasteiger partial charge in [0, 0.05) is 68.0 Å². The average molecular weight is 356 g/mol. The Morgan fingerprint density at radius 2 is 1.70 bits per heavy atom. The van der Waals surface area contributed by atoms with E-state index in [-0.39, 0.29) is 5.91 Å². The van der Waals surface area contributed by atoms with Gasteiger partial charge in [-0.2, -0.15) is 0 Å². The van der Waals surface area contributed by atoms with Crippen molar-refractivity contribution in [2.45, 2.75) is 0 Å². The molecule has 4 aromatic rings. The van der Waals surface area contributed by atoms with E-state index in [9.17, 15) is 4.79 Å². The van der Waals surface area contributed by atoms with Crippen molar-refractivity contribution in [3.05, 3.63) is 72.8 Å². The van der Waals surface area contributed by atoms with Gasteiger partial charge < -0.3 is 9.47 Å². The number of aryl methyl sites for hydroxylation is 1. The number of carbonyl (C=O) groups excluding carboxylic acids is 1. The largest absolute Gasteiger partial charge is 0.345 e. The SMILES string of the molecule is CN(C)C(=O)c1ccc(-c2cncc(-c3ccnc4c3ccn4C)c2)cc1. The lowest BCUT2D eigenvalue weighted by atomic mass is 10.00. The summed E-state index contributed by atoms with van der Waals surface area (Å²) in [4.78, 5) is 22.5. The van der Waals surface area contributed by atoms with Gasteiger partial charge in [-0.15, -0.1) is 0 Å². The molecular weight excluding hydrogens is 336 g/mol. The van der Waals surface area contributed by atoms with Crippen LogP contribution in [0, 0.1) is 0 Å². The fourth-order valence-electron chi connectivity index (χ4n) is 3.22. The average Bonchev–Trinajstić information content (AvgIpc) is 3.09. The fraction of sp³-hybridized carbons (Fsp3) is 0.136. The van der Waals surface area contributed by atoms with Crippen LogP contribution in [0.3, 0.4) is 0 Å². The molecule has 0 spiro atoms. The first-order chi connectivity index (χ1) is 13.0. The molecule has 4 rings (SSSR count). The summed E-state index contributed by atoms with van der Waals surface area (Å²) in [5.41, 5.74) is 5.81. The van der Waals surface area contributed by atoms with E-state index >= 15 is 0 Å². The standard InChI is InChI=1S/C22H20N4O/c1-25(2)22(27)16-6-4-15(5-7-16)17-12-18(14-23-13-17)19-8-10-24-21-20(19)9-11-26(21)3/h4-14H,1-3H3. The number of nitrogens with zero attached hydrogens (tertiary/aromatic N) is 4. The molecule has 1 amide bonds. The first kappa shape index (κ1) is 17.0. The number of benzene rings is 1. The van der Waals surface area contributed by atoms with Crippen molar-refractivity contribution < 1.29 is 4.79 Å². The Labute approximate surface area is 157 Å². The topological polar surface area (TPSA) is 51.0 Å². The summed E-state index contributed by atoms with van der Waals surface area (Å²) < 4.78 is 2.01. The Balaban J connectivity index is 1.73. The summed E-state index contributed by atoms with van der Waals surface area (Å²) in [7, 11) is 5.50. The first-order valence-electron chi connectivity index (χ1n) is 8.72. The molecule has 0 radical (unpaired) electrons. The van der Waals surface area contributed by atoms with Crippen molar-refractivity contribution >= 4 is 16.9 Å². The molecule has 3 aromatic heterocycles. The third-order valence-corrected chi connectivity index (χ3v) is 4.69. The summed E-state index contributed by atoms with van der Waals surface area (Å²) in [5, 5.41) is 1.10. The van der Waals surface area contributed by atoms with Crippen LogP contribution in [0.5, 0.6) is 0 Å². The zero-order valence-electron chi connectivity index (χ0n) is 15.5. The van der Waals surface area contributed by atoms with Crippen LogP contribution in [-0.2, 0) is 7.05 Å². The molecule has 0 saturated carbocycles. The molecule has 5 nitrogen and oxygen atoms in total. The van der Waals surface area contributed by atoms with Crippen molar-refractivity contribution in [1.82, 2.24) is 19.4 Å². The third kappa shape index (κ3) is 3.08. The first-order valence-corrected chi connectivity index (χ1v) is 8.72. The molecule has 0 bridgehead atoms. The second-order valence-electron chi connectivity index (χ2n) is 6.76. The number of amides is 1. The lowest BCUT2D eigenvalue weighted by Gasteiger charge is -2.11. The maximum absolute atomic E-state index is 12.1. The summed E-state index contributed by atoms with van der Waals surface area (Å²) in [5.74, 6) is -0.00307. The van der Waals surface area contributed by atoms with Gasteiger partial charge in [0.1, 0.15) is 5.65 Å². The van der Waals surface area contributed by atoms with Gasteiger partial charge in [0.15, 0.2) is 0 Å². The molecule has 0 aliphatic heterocycles. The van der Waals surface area contributed by atoms with Crippen molar-refractivity contribution in [2.24, 2.45) is 7.05 Å². The van der Waals surface area contributed by atoms with Gasteiger partial charge in [0.2, 0.25) is 0 Å². The molecule has 3 heterocycles. The Bertz CT molecular complexity index is 1130. The Kier molecular flexibility index (Phi) is 4.20. The van der Waals surface area contributed by atoms with Gasteiger partial charge in [-0.25, -0.2) is 4.98 Å². The number of pyridine rings is 2. The Morgan fingerprint density at radius 3 is 2.44 bits per heavy atom. The number of aromatic nitrogens is 3. The van der Waals surface area contributed by atoms with Crippen LogP contribution in [0.15, 0.2) is 67.3 Å². The van der Waals surface area contributed by atoms with E-state index in [4.69, 9.17) is 0 Å². The monoisotopic (exact) mass is 356 g/mol. The molecule has 27 heavy (non-hydrogen) atoms. The van der Waals surface area contributed by atoms with Crippen LogP contribution in [-0.4, -0.2) is 39.4 Å². The number of hydrogen-bond acceptors (Lipinski definition) is 3. The number of rotatable bonds is 3. The van der Waals surface area contributed by atoms with E-state index in [0.717, 1.165) is 33.3 Å². The third-order valence-electron chi connectivity index (χ3n) is 4.69. The van der Waals surface area contributed by atoms with E-state index < -0.39 is 0 Å². The van der Waals surface area contributed by atoms with Crippen LogP contribution in [0.2, 0.25) is 0 Å². The number of hydrogen-bond donors (Lipinski definition) is 0. The molecule has 0 fully saturated rings. The predicted molar refractivity (Wildman–Crippen MR) is 107 cm³/mol. The van der Waals surface area contributed by atoms with Crippen LogP contribution >= 0.6 is 0 Å². The molecule has 134 valence electrons. The second-order valence-corrected chi connectivity index (χ2v) is 6.76. The summed E-state index contributed by atoms with van der Waals surface area (Å²) in [6, 6.07) is 13.8. The maximum Gasteiger partial charge on any atom is 0.253 e. The smallest absolute Gasteiger partial charge is 0.253 e. The fourth-order valence-corrected chi connectivity index (χ4v) is 3.22. The highest BCUT2D eigenvalue weighted by atomic mass is 16.2. The molecule has 0 aliphatic rings. The minimum absolute atomic E-state index is 0.00307. The van der Waals surface area contributed by atoms with Crippen LogP contribution < -0.4 is 0 Å². The van der Waals surface area contributed by atoms with Gasteiger partial charge in [-0.1, -0.05) is 12.1 Å². The highest BCUT2D eigenvalue weighted by molar-refractivity contribution is 5.95. The molecule has 1 aromatic carbocycles.